The average molecular weight is 397 g/mol. The smallest absolute Gasteiger partial charge is 0.331 e. The van der Waals surface area contributed by atoms with E-state index in [0.717, 1.165) is 16.7 Å². The van der Waals surface area contributed by atoms with E-state index in [-0.39, 0.29) is 12.5 Å². The number of ether oxygens (including phenoxy) is 3. The number of benzene rings is 2. The molecule has 6 nitrogen and oxygen atoms in total. The van der Waals surface area contributed by atoms with Crippen LogP contribution in [0.4, 0.5) is 0 Å². The van der Waals surface area contributed by atoms with Gasteiger partial charge in [-0.2, -0.15) is 0 Å². The van der Waals surface area contributed by atoms with Crippen LogP contribution in [0, 0.1) is 6.92 Å². The summed E-state index contributed by atoms with van der Waals surface area (Å²) in [6, 6.07) is 13.2. The Hall–Kier alpha value is -3.28. The first-order chi connectivity index (χ1) is 14.0. The number of carbonyl (C=O) groups is 2. The third-order valence-corrected chi connectivity index (χ3v) is 4.38. The van der Waals surface area contributed by atoms with Crippen molar-refractivity contribution in [3.05, 3.63) is 65.2 Å². The molecule has 0 N–H and O–H groups in total. The van der Waals surface area contributed by atoms with E-state index in [1.807, 2.05) is 50.2 Å². The molecular weight excluding hydrogens is 370 g/mol. The molecule has 0 heterocycles. The number of hydrogen-bond acceptors (Lipinski definition) is 5. The Kier molecular flexibility index (Phi) is 8.27. The molecule has 0 fully saturated rings. The van der Waals surface area contributed by atoms with E-state index in [1.54, 1.807) is 31.3 Å². The van der Waals surface area contributed by atoms with Crippen LogP contribution < -0.4 is 9.47 Å². The predicted octanol–water partition coefficient (Wildman–Crippen LogP) is 3.62. The van der Waals surface area contributed by atoms with Crippen LogP contribution >= 0.6 is 0 Å². The molecule has 2 aromatic carbocycles. The Bertz CT molecular complexity index is 858. The second-order valence-corrected chi connectivity index (χ2v) is 6.45. The van der Waals surface area contributed by atoms with Gasteiger partial charge in [-0.3, -0.25) is 4.79 Å². The van der Waals surface area contributed by atoms with Crippen molar-refractivity contribution in [2.24, 2.45) is 0 Å². The van der Waals surface area contributed by atoms with Gasteiger partial charge in [-0.15, -0.1) is 0 Å². The molecule has 154 valence electrons. The lowest BCUT2D eigenvalue weighted by atomic mass is 10.1. The van der Waals surface area contributed by atoms with Crippen LogP contribution in [0.1, 0.15) is 23.6 Å². The molecule has 0 spiro atoms. The SMILES string of the molecule is CCN(Cc1ccc(OC)c(OC)c1)C(=O)COC(=O)/C=C/c1ccc(C)cc1. The maximum atomic E-state index is 12.4. The summed E-state index contributed by atoms with van der Waals surface area (Å²) in [5.74, 6) is 0.404. The molecular formula is C23H27NO5. The normalized spacial score (nSPS) is 10.6. The van der Waals surface area contributed by atoms with E-state index in [4.69, 9.17) is 14.2 Å². The fourth-order valence-corrected chi connectivity index (χ4v) is 2.69. The zero-order valence-electron chi connectivity index (χ0n) is 17.3. The topological polar surface area (TPSA) is 65.1 Å². The third kappa shape index (κ3) is 6.68. The van der Waals surface area contributed by atoms with Crippen LogP contribution in [-0.2, 0) is 20.9 Å². The van der Waals surface area contributed by atoms with E-state index in [9.17, 15) is 9.59 Å². The average Bonchev–Trinajstić information content (AvgIpc) is 2.75. The summed E-state index contributed by atoms with van der Waals surface area (Å²) in [6.07, 6.45) is 2.98. The lowest BCUT2D eigenvalue weighted by molar-refractivity contribution is -0.148. The number of amides is 1. The number of nitrogens with zero attached hydrogens (tertiary/aromatic N) is 1. The number of carbonyl (C=O) groups excluding carboxylic acids is 2. The fourth-order valence-electron chi connectivity index (χ4n) is 2.69. The number of aryl methyl sites for hydroxylation is 1. The monoisotopic (exact) mass is 397 g/mol. The number of rotatable bonds is 9. The van der Waals surface area contributed by atoms with Gasteiger partial charge in [-0.25, -0.2) is 4.79 Å². The van der Waals surface area contributed by atoms with Gasteiger partial charge in [0.05, 0.1) is 14.2 Å². The number of methoxy groups -OCH3 is 2. The largest absolute Gasteiger partial charge is 0.493 e. The van der Waals surface area contributed by atoms with Gasteiger partial charge in [0.2, 0.25) is 0 Å². The van der Waals surface area contributed by atoms with Crippen LogP contribution in [0.5, 0.6) is 11.5 Å². The zero-order valence-corrected chi connectivity index (χ0v) is 17.3. The minimum absolute atomic E-state index is 0.264. The first-order valence-electron chi connectivity index (χ1n) is 9.37. The lowest BCUT2D eigenvalue weighted by Crippen LogP contribution is -2.34. The summed E-state index contributed by atoms with van der Waals surface area (Å²) in [5, 5.41) is 0. The molecule has 0 aliphatic rings. The van der Waals surface area contributed by atoms with Crippen molar-refractivity contribution in [1.82, 2.24) is 4.90 Å². The minimum Gasteiger partial charge on any atom is -0.493 e. The quantitative estimate of drug-likeness (QED) is 0.478. The summed E-state index contributed by atoms with van der Waals surface area (Å²) >= 11 is 0. The van der Waals surface area contributed by atoms with E-state index < -0.39 is 5.97 Å². The van der Waals surface area contributed by atoms with E-state index in [0.29, 0.717) is 24.6 Å². The van der Waals surface area contributed by atoms with Gasteiger partial charge in [0, 0.05) is 19.2 Å². The highest BCUT2D eigenvalue weighted by Gasteiger charge is 2.15. The predicted molar refractivity (Wildman–Crippen MR) is 112 cm³/mol. The molecule has 0 aliphatic carbocycles. The minimum atomic E-state index is -0.555. The van der Waals surface area contributed by atoms with Crippen LogP contribution in [0.25, 0.3) is 6.08 Å². The van der Waals surface area contributed by atoms with Crippen LogP contribution in [-0.4, -0.2) is 44.1 Å². The first-order valence-corrected chi connectivity index (χ1v) is 9.37. The van der Waals surface area contributed by atoms with Crippen molar-refractivity contribution in [2.45, 2.75) is 20.4 Å². The highest BCUT2D eigenvalue weighted by Crippen LogP contribution is 2.28. The van der Waals surface area contributed by atoms with Gasteiger partial charge < -0.3 is 19.1 Å². The van der Waals surface area contributed by atoms with Gasteiger partial charge in [-0.05, 0) is 43.2 Å². The molecule has 0 atom stereocenters. The molecule has 6 heteroatoms. The molecule has 2 aromatic rings. The maximum Gasteiger partial charge on any atom is 0.331 e. The summed E-state index contributed by atoms with van der Waals surface area (Å²) in [4.78, 5) is 26.0. The summed E-state index contributed by atoms with van der Waals surface area (Å²) in [5.41, 5.74) is 2.93. The lowest BCUT2D eigenvalue weighted by Gasteiger charge is -2.21. The number of esters is 1. The van der Waals surface area contributed by atoms with Gasteiger partial charge >= 0.3 is 5.97 Å². The van der Waals surface area contributed by atoms with Crippen molar-refractivity contribution >= 4 is 18.0 Å². The van der Waals surface area contributed by atoms with Gasteiger partial charge in [0.15, 0.2) is 18.1 Å². The summed E-state index contributed by atoms with van der Waals surface area (Å²) < 4.78 is 15.6. The molecule has 0 saturated carbocycles. The third-order valence-electron chi connectivity index (χ3n) is 4.38. The molecule has 0 saturated heterocycles. The van der Waals surface area contributed by atoms with E-state index in [2.05, 4.69) is 0 Å². The van der Waals surface area contributed by atoms with E-state index >= 15 is 0 Å². The Morgan fingerprint density at radius 2 is 1.69 bits per heavy atom. The summed E-state index contributed by atoms with van der Waals surface area (Å²) in [7, 11) is 3.13. The van der Waals surface area contributed by atoms with Crippen molar-refractivity contribution in [3.8, 4) is 11.5 Å². The van der Waals surface area contributed by atoms with Crippen LogP contribution in [0.15, 0.2) is 48.5 Å². The Morgan fingerprint density at radius 3 is 2.31 bits per heavy atom. The Balaban J connectivity index is 1.90. The molecule has 0 aromatic heterocycles. The maximum absolute atomic E-state index is 12.4. The molecule has 29 heavy (non-hydrogen) atoms. The number of likely N-dealkylation sites (N-methyl/N-ethyl adjacent to an activating group) is 1. The highest BCUT2D eigenvalue weighted by atomic mass is 16.5. The van der Waals surface area contributed by atoms with Crippen LogP contribution in [0.3, 0.4) is 0 Å². The molecule has 0 unspecified atom stereocenters. The van der Waals surface area contributed by atoms with Gasteiger partial charge in [0.1, 0.15) is 0 Å². The van der Waals surface area contributed by atoms with Crippen LogP contribution in [0.2, 0.25) is 0 Å². The zero-order chi connectivity index (χ0) is 21.2. The molecule has 1 amide bonds. The van der Waals surface area contributed by atoms with Crippen molar-refractivity contribution in [1.29, 1.82) is 0 Å². The summed E-state index contributed by atoms with van der Waals surface area (Å²) in [6.45, 7) is 4.43. The standard InChI is InChI=1S/C23H27NO5/c1-5-24(15-19-10-12-20(27-3)21(14-19)28-4)22(25)16-29-23(26)13-11-18-8-6-17(2)7-9-18/h6-14H,5,15-16H2,1-4H3/b13-11+. The van der Waals surface area contributed by atoms with Crippen molar-refractivity contribution in [3.63, 3.8) is 0 Å². The second-order valence-electron chi connectivity index (χ2n) is 6.45. The molecule has 0 bridgehead atoms. The highest BCUT2D eigenvalue weighted by molar-refractivity contribution is 5.89. The number of hydrogen-bond donors (Lipinski definition) is 0. The molecule has 0 radical (unpaired) electrons. The van der Waals surface area contributed by atoms with E-state index in [1.165, 1.54) is 6.08 Å². The first kappa shape index (κ1) is 22.0. The second kappa shape index (κ2) is 10.9. The molecule has 2 rings (SSSR count). The van der Waals surface area contributed by atoms with Crippen molar-refractivity contribution < 1.29 is 23.8 Å². The van der Waals surface area contributed by atoms with Crippen molar-refractivity contribution in [2.75, 3.05) is 27.4 Å². The Labute approximate surface area is 171 Å². The molecule has 0 aliphatic heterocycles. The fraction of sp³-hybridized carbons (Fsp3) is 0.304. The Morgan fingerprint density at radius 1 is 1.00 bits per heavy atom. The van der Waals surface area contributed by atoms with Gasteiger partial charge in [0.25, 0.3) is 5.91 Å². The van der Waals surface area contributed by atoms with Gasteiger partial charge in [-0.1, -0.05) is 35.9 Å².